The minimum absolute atomic E-state index is 0.162. The molecule has 6 nitrogen and oxygen atoms in total. The first-order chi connectivity index (χ1) is 19.3. The van der Waals surface area contributed by atoms with E-state index in [4.69, 9.17) is 28.1 Å². The van der Waals surface area contributed by atoms with E-state index in [1.54, 1.807) is 7.11 Å². The highest BCUT2D eigenvalue weighted by molar-refractivity contribution is 6.77. The van der Waals surface area contributed by atoms with Crippen LogP contribution in [0.15, 0.2) is 60.7 Å². The van der Waals surface area contributed by atoms with Crippen LogP contribution in [0.4, 0.5) is 0 Å². The van der Waals surface area contributed by atoms with Gasteiger partial charge in [0.1, 0.15) is 24.4 Å². The lowest BCUT2D eigenvalue weighted by Crippen LogP contribution is -2.64. The molecular weight excluding hydrogens is 520 g/mol. The van der Waals surface area contributed by atoms with Crippen LogP contribution in [0, 0.1) is 6.42 Å². The van der Waals surface area contributed by atoms with Crippen LogP contribution in [0.25, 0.3) is 0 Å². The molecule has 2 aromatic carbocycles. The number of hydrogen-bond donors (Lipinski definition) is 0. The lowest BCUT2D eigenvalue weighted by atomic mass is 9.90. The maximum Gasteiger partial charge on any atom is 0.200 e. The van der Waals surface area contributed by atoms with E-state index in [1.165, 1.54) is 0 Å². The molecule has 2 saturated heterocycles. The summed E-state index contributed by atoms with van der Waals surface area (Å²) in [6.45, 7) is 15.3. The van der Waals surface area contributed by atoms with Crippen molar-refractivity contribution in [1.82, 2.24) is 0 Å². The Labute approximate surface area is 242 Å². The van der Waals surface area contributed by atoms with Crippen LogP contribution < -0.4 is 0 Å². The topological polar surface area (TPSA) is 55.4 Å². The van der Waals surface area contributed by atoms with Gasteiger partial charge in [0.15, 0.2) is 14.6 Å². The molecule has 0 aromatic heterocycles. The van der Waals surface area contributed by atoms with Gasteiger partial charge in [0.05, 0.1) is 25.9 Å². The van der Waals surface area contributed by atoms with E-state index in [2.05, 4.69) is 65.8 Å². The summed E-state index contributed by atoms with van der Waals surface area (Å²) < 4.78 is 39.2. The molecule has 0 aliphatic carbocycles. The molecule has 40 heavy (non-hydrogen) atoms. The molecule has 2 aromatic rings. The zero-order valence-electron chi connectivity index (χ0n) is 25.3. The van der Waals surface area contributed by atoms with Crippen molar-refractivity contribution >= 4 is 8.32 Å². The summed E-state index contributed by atoms with van der Waals surface area (Å²) in [6.07, 6.45) is 0.854. The van der Waals surface area contributed by atoms with Gasteiger partial charge in [-0.3, -0.25) is 0 Å². The zero-order valence-corrected chi connectivity index (χ0v) is 26.3. The van der Waals surface area contributed by atoms with Crippen LogP contribution in [0.1, 0.15) is 59.1 Å². The second kappa shape index (κ2) is 14.5. The Morgan fingerprint density at radius 2 is 1.27 bits per heavy atom. The predicted molar refractivity (Wildman–Crippen MR) is 160 cm³/mol. The molecule has 2 fully saturated rings. The molecule has 0 bridgehead atoms. The van der Waals surface area contributed by atoms with Gasteiger partial charge in [0.25, 0.3) is 0 Å². The van der Waals surface area contributed by atoms with Gasteiger partial charge in [-0.05, 0) is 34.2 Å². The molecule has 6 atom stereocenters. The SMILES string of the molecule is CO[C@@H]1[CH]C[C@@H]2O[C@H](CO[Si](C(C)C)(C(C)C)C(C)C)[C@@H](OCc3ccccc3)[C@H](OCc3ccccc3)[C@H]2O1. The molecule has 2 aliphatic heterocycles. The number of hydrogen-bond acceptors (Lipinski definition) is 6. The Balaban J connectivity index is 1.63. The van der Waals surface area contributed by atoms with Crippen LogP contribution in [-0.4, -0.2) is 58.8 Å². The van der Waals surface area contributed by atoms with Gasteiger partial charge in [0, 0.05) is 13.5 Å². The normalized spacial score (nSPS) is 27.4. The molecular formula is C33H49O6Si. The predicted octanol–water partition coefficient (Wildman–Crippen LogP) is 7.08. The Morgan fingerprint density at radius 3 is 1.77 bits per heavy atom. The van der Waals surface area contributed by atoms with Crippen molar-refractivity contribution in [2.45, 2.75) is 115 Å². The van der Waals surface area contributed by atoms with E-state index in [1.807, 2.05) is 42.8 Å². The Kier molecular flexibility index (Phi) is 11.4. The molecule has 7 heteroatoms. The van der Waals surface area contributed by atoms with E-state index in [-0.39, 0.29) is 30.5 Å². The third-order valence-electron chi connectivity index (χ3n) is 8.59. The standard InChI is InChI=1S/C33H49O6Si/c1-23(2)40(24(3)4,25(5)6)37-22-29-31(35-20-26-14-10-8-11-15-26)33(36-21-27-16-12-9-13-17-27)32-28(38-29)18-19-30(34-7)39-32/h8-17,19,23-25,28-33H,18,20-22H2,1-7H3/t28-,29+,30-,31+,32-,33-/m0/s1. The first kappa shape index (κ1) is 31.4. The maximum atomic E-state index is 7.07. The van der Waals surface area contributed by atoms with Crippen molar-refractivity contribution in [3.63, 3.8) is 0 Å². The van der Waals surface area contributed by atoms with Crippen molar-refractivity contribution in [3.8, 4) is 0 Å². The second-order valence-corrected chi connectivity index (χ2v) is 17.5. The fraction of sp³-hybridized carbons (Fsp3) is 0.606. The number of ether oxygens (including phenoxy) is 5. The number of methoxy groups -OCH3 is 1. The quantitative estimate of drug-likeness (QED) is 0.240. The molecule has 2 heterocycles. The number of benzene rings is 2. The lowest BCUT2D eigenvalue weighted by Gasteiger charge is -2.50. The third kappa shape index (κ3) is 7.24. The molecule has 0 amide bonds. The summed E-state index contributed by atoms with van der Waals surface area (Å²) in [5.74, 6) is 0. The fourth-order valence-electron chi connectivity index (χ4n) is 6.74. The molecule has 2 aliphatic rings. The summed E-state index contributed by atoms with van der Waals surface area (Å²) in [5, 5.41) is 0. The maximum absolute atomic E-state index is 7.07. The van der Waals surface area contributed by atoms with E-state index in [9.17, 15) is 0 Å². The average Bonchev–Trinajstić information content (AvgIpc) is 2.95. The minimum atomic E-state index is -2.12. The number of fused-ring (bicyclic) bond motifs is 1. The largest absolute Gasteiger partial charge is 0.413 e. The van der Waals surface area contributed by atoms with Gasteiger partial charge in [0.2, 0.25) is 0 Å². The summed E-state index contributed by atoms with van der Waals surface area (Å²) in [4.78, 5) is 0. The smallest absolute Gasteiger partial charge is 0.200 e. The first-order valence-corrected chi connectivity index (χ1v) is 17.0. The van der Waals surface area contributed by atoms with Crippen LogP contribution >= 0.6 is 0 Å². The van der Waals surface area contributed by atoms with Gasteiger partial charge in [-0.2, -0.15) is 0 Å². The van der Waals surface area contributed by atoms with Crippen LogP contribution in [0.2, 0.25) is 16.6 Å². The highest BCUT2D eigenvalue weighted by Crippen LogP contribution is 2.43. The van der Waals surface area contributed by atoms with Crippen LogP contribution in [0.5, 0.6) is 0 Å². The number of rotatable bonds is 13. The molecule has 0 saturated carbocycles. The van der Waals surface area contributed by atoms with Gasteiger partial charge < -0.3 is 28.1 Å². The average molecular weight is 570 g/mol. The molecule has 4 rings (SSSR count). The summed E-state index contributed by atoms with van der Waals surface area (Å²) in [5.41, 5.74) is 3.65. The van der Waals surface area contributed by atoms with Crippen LogP contribution in [0.3, 0.4) is 0 Å². The monoisotopic (exact) mass is 569 g/mol. The van der Waals surface area contributed by atoms with Crippen molar-refractivity contribution in [1.29, 1.82) is 0 Å². The highest BCUT2D eigenvalue weighted by Gasteiger charge is 2.52. The van der Waals surface area contributed by atoms with Gasteiger partial charge in [-0.25, -0.2) is 0 Å². The van der Waals surface area contributed by atoms with E-state index < -0.39 is 14.6 Å². The first-order valence-electron chi connectivity index (χ1n) is 14.9. The summed E-state index contributed by atoms with van der Waals surface area (Å²) in [7, 11) is -0.451. The molecule has 0 N–H and O–H groups in total. The second-order valence-electron chi connectivity index (χ2n) is 12.0. The van der Waals surface area contributed by atoms with Gasteiger partial charge >= 0.3 is 0 Å². The molecule has 0 unspecified atom stereocenters. The summed E-state index contributed by atoms with van der Waals surface area (Å²) >= 11 is 0. The Morgan fingerprint density at radius 1 is 0.750 bits per heavy atom. The van der Waals surface area contributed by atoms with Crippen molar-refractivity contribution in [2.75, 3.05) is 13.7 Å². The fourth-order valence-corrected chi connectivity index (χ4v) is 12.2. The van der Waals surface area contributed by atoms with Crippen molar-refractivity contribution in [3.05, 3.63) is 78.2 Å². The Bertz CT molecular complexity index is 979. The zero-order chi connectivity index (χ0) is 28.7. The molecule has 221 valence electrons. The van der Waals surface area contributed by atoms with Crippen molar-refractivity contribution < 1.29 is 28.1 Å². The van der Waals surface area contributed by atoms with Gasteiger partial charge in [-0.1, -0.05) is 102 Å². The molecule has 0 spiro atoms. The highest BCUT2D eigenvalue weighted by atomic mass is 28.4. The minimum Gasteiger partial charge on any atom is -0.413 e. The van der Waals surface area contributed by atoms with E-state index in [0.717, 1.165) is 17.5 Å². The van der Waals surface area contributed by atoms with Crippen molar-refractivity contribution in [2.24, 2.45) is 0 Å². The summed E-state index contributed by atoms with van der Waals surface area (Å²) in [6, 6.07) is 20.5. The third-order valence-corrected chi connectivity index (χ3v) is 14.7. The van der Waals surface area contributed by atoms with E-state index in [0.29, 0.717) is 36.4 Å². The molecule has 1 radical (unpaired) electrons. The van der Waals surface area contributed by atoms with Gasteiger partial charge in [-0.15, -0.1) is 0 Å². The Hall–Kier alpha value is -1.58. The lowest BCUT2D eigenvalue weighted by molar-refractivity contribution is -0.303. The van der Waals surface area contributed by atoms with Crippen LogP contribution in [-0.2, 0) is 41.3 Å². The van der Waals surface area contributed by atoms with E-state index >= 15 is 0 Å².